The van der Waals surface area contributed by atoms with Crippen LogP contribution in [0.2, 0.25) is 0 Å². The minimum absolute atomic E-state index is 0.0100. The first-order valence-corrected chi connectivity index (χ1v) is 11.2. The van der Waals surface area contributed by atoms with E-state index in [9.17, 15) is 9.59 Å². The summed E-state index contributed by atoms with van der Waals surface area (Å²) in [4.78, 5) is 25.0. The number of amides is 1. The third-order valence-electron chi connectivity index (χ3n) is 4.39. The quantitative estimate of drug-likeness (QED) is 0.537. The van der Waals surface area contributed by atoms with E-state index in [1.807, 2.05) is 6.92 Å². The van der Waals surface area contributed by atoms with Gasteiger partial charge in [0.05, 0.1) is 13.3 Å². The van der Waals surface area contributed by atoms with E-state index in [4.69, 9.17) is 14.2 Å². The Hall–Kier alpha value is -3.05. The first-order chi connectivity index (χ1) is 15.0. The molecule has 0 aliphatic carbocycles. The van der Waals surface area contributed by atoms with E-state index < -0.39 is 0 Å². The number of fused-ring (bicyclic) bond motifs is 1. The standard InChI is InChI=1S/C20H20N4O5S2/c1-12-22-23-20(31-12)30-11-14-8-15(25)18(27-2)9-24(14)10-19(26)21-13-3-4-16-17(7-13)29-6-5-28-16/h3-4,7-9H,5-6,10-11H2,1-2H3,(H,21,26). The van der Waals surface area contributed by atoms with Gasteiger partial charge in [-0.05, 0) is 19.1 Å². The van der Waals surface area contributed by atoms with Gasteiger partial charge in [-0.25, -0.2) is 0 Å². The number of carbonyl (C=O) groups excluding carboxylic acids is 1. The van der Waals surface area contributed by atoms with Gasteiger partial charge < -0.3 is 24.1 Å². The lowest BCUT2D eigenvalue weighted by Crippen LogP contribution is -2.23. The summed E-state index contributed by atoms with van der Waals surface area (Å²) >= 11 is 2.94. The second-order valence-electron chi connectivity index (χ2n) is 6.61. The fourth-order valence-corrected chi connectivity index (χ4v) is 4.78. The smallest absolute Gasteiger partial charge is 0.244 e. The molecule has 1 amide bonds. The molecule has 0 spiro atoms. The fraction of sp³-hybridized carbons (Fsp3) is 0.300. The number of methoxy groups -OCH3 is 1. The van der Waals surface area contributed by atoms with Crippen LogP contribution in [0.25, 0.3) is 0 Å². The predicted molar refractivity (Wildman–Crippen MR) is 118 cm³/mol. The number of nitrogens with one attached hydrogen (secondary N) is 1. The van der Waals surface area contributed by atoms with Gasteiger partial charge in [0.15, 0.2) is 21.6 Å². The minimum atomic E-state index is -0.250. The number of thioether (sulfide) groups is 1. The number of benzene rings is 1. The van der Waals surface area contributed by atoms with E-state index in [2.05, 4.69) is 15.5 Å². The van der Waals surface area contributed by atoms with Crippen molar-refractivity contribution in [3.05, 3.63) is 51.4 Å². The van der Waals surface area contributed by atoms with Gasteiger partial charge in [0.1, 0.15) is 24.8 Å². The largest absolute Gasteiger partial charge is 0.491 e. The number of hydrogen-bond acceptors (Lipinski definition) is 9. The summed E-state index contributed by atoms with van der Waals surface area (Å²) in [6.45, 7) is 2.87. The molecule has 31 heavy (non-hydrogen) atoms. The minimum Gasteiger partial charge on any atom is -0.491 e. The molecule has 0 bridgehead atoms. The maximum atomic E-state index is 12.7. The van der Waals surface area contributed by atoms with Crippen molar-refractivity contribution in [2.45, 2.75) is 23.6 Å². The number of aryl methyl sites for hydroxylation is 1. The molecule has 1 N–H and O–H groups in total. The maximum absolute atomic E-state index is 12.7. The van der Waals surface area contributed by atoms with E-state index in [1.54, 1.807) is 29.0 Å². The zero-order valence-electron chi connectivity index (χ0n) is 16.9. The lowest BCUT2D eigenvalue weighted by molar-refractivity contribution is -0.116. The zero-order chi connectivity index (χ0) is 21.8. The monoisotopic (exact) mass is 460 g/mol. The third-order valence-corrected chi connectivity index (χ3v) is 6.40. The van der Waals surface area contributed by atoms with Gasteiger partial charge in [0.25, 0.3) is 0 Å². The van der Waals surface area contributed by atoms with Crippen LogP contribution in [-0.2, 0) is 17.1 Å². The number of anilines is 1. The van der Waals surface area contributed by atoms with Gasteiger partial charge in [-0.3, -0.25) is 9.59 Å². The van der Waals surface area contributed by atoms with Crippen molar-refractivity contribution in [1.82, 2.24) is 14.8 Å². The second kappa shape index (κ2) is 9.40. The van der Waals surface area contributed by atoms with Gasteiger partial charge in [-0.2, -0.15) is 0 Å². The van der Waals surface area contributed by atoms with Crippen molar-refractivity contribution in [2.75, 3.05) is 25.6 Å². The highest BCUT2D eigenvalue weighted by Gasteiger charge is 2.15. The van der Waals surface area contributed by atoms with E-state index in [1.165, 1.54) is 36.3 Å². The molecule has 1 aliphatic heterocycles. The van der Waals surface area contributed by atoms with Crippen LogP contribution in [0.4, 0.5) is 5.69 Å². The number of hydrogen-bond donors (Lipinski definition) is 1. The molecule has 1 aliphatic rings. The average Bonchev–Trinajstić information content (AvgIpc) is 3.18. The topological polar surface area (TPSA) is 105 Å². The molecule has 1 aromatic carbocycles. The van der Waals surface area contributed by atoms with E-state index in [-0.39, 0.29) is 23.6 Å². The van der Waals surface area contributed by atoms with Crippen molar-refractivity contribution in [1.29, 1.82) is 0 Å². The molecule has 0 atom stereocenters. The van der Waals surface area contributed by atoms with Gasteiger partial charge >= 0.3 is 0 Å². The molecule has 0 fully saturated rings. The van der Waals surface area contributed by atoms with Crippen LogP contribution in [0.3, 0.4) is 0 Å². The van der Waals surface area contributed by atoms with E-state index in [0.717, 1.165) is 9.35 Å². The highest BCUT2D eigenvalue weighted by Crippen LogP contribution is 2.32. The summed E-state index contributed by atoms with van der Waals surface area (Å²) in [6, 6.07) is 6.73. The molecule has 3 heterocycles. The van der Waals surface area contributed by atoms with Crippen LogP contribution in [0, 0.1) is 6.92 Å². The molecule has 11 heteroatoms. The number of nitrogens with zero attached hydrogens (tertiary/aromatic N) is 3. The van der Waals surface area contributed by atoms with Crippen LogP contribution in [0.15, 0.2) is 39.6 Å². The van der Waals surface area contributed by atoms with Crippen LogP contribution in [0.5, 0.6) is 17.2 Å². The Kier molecular flexibility index (Phi) is 6.42. The molecule has 9 nitrogen and oxygen atoms in total. The summed E-state index contributed by atoms with van der Waals surface area (Å²) in [5.74, 6) is 1.64. The maximum Gasteiger partial charge on any atom is 0.244 e. The van der Waals surface area contributed by atoms with Crippen molar-refractivity contribution < 1.29 is 19.0 Å². The highest BCUT2D eigenvalue weighted by molar-refractivity contribution is 8.00. The first kappa shape index (κ1) is 21.2. The van der Waals surface area contributed by atoms with Crippen molar-refractivity contribution in [3.8, 4) is 17.2 Å². The Morgan fingerprint density at radius 2 is 2.06 bits per heavy atom. The molecule has 162 valence electrons. The number of aromatic nitrogens is 3. The van der Waals surface area contributed by atoms with Crippen molar-refractivity contribution in [2.24, 2.45) is 0 Å². The Morgan fingerprint density at radius 1 is 1.26 bits per heavy atom. The molecule has 2 aromatic heterocycles. The van der Waals surface area contributed by atoms with E-state index >= 15 is 0 Å². The fourth-order valence-electron chi connectivity index (χ4n) is 2.97. The molecule has 3 aromatic rings. The van der Waals surface area contributed by atoms with Gasteiger partial charge in [-0.1, -0.05) is 23.1 Å². The van der Waals surface area contributed by atoms with Crippen LogP contribution < -0.4 is 25.0 Å². The molecule has 0 saturated heterocycles. The second-order valence-corrected chi connectivity index (χ2v) is 9.01. The number of rotatable bonds is 7. The normalized spacial score (nSPS) is 12.5. The van der Waals surface area contributed by atoms with E-state index in [0.29, 0.717) is 41.8 Å². The average molecular weight is 461 g/mol. The summed E-state index contributed by atoms with van der Waals surface area (Å²) in [5, 5.41) is 11.8. The van der Waals surface area contributed by atoms with Gasteiger partial charge in [-0.15, -0.1) is 10.2 Å². The third kappa shape index (κ3) is 5.17. The Labute approximate surface area is 186 Å². The Morgan fingerprint density at radius 3 is 2.81 bits per heavy atom. The van der Waals surface area contributed by atoms with Gasteiger partial charge in [0.2, 0.25) is 11.3 Å². The van der Waals surface area contributed by atoms with Gasteiger partial charge in [0, 0.05) is 29.3 Å². The number of carbonyl (C=O) groups is 1. The van der Waals surface area contributed by atoms with Crippen molar-refractivity contribution in [3.63, 3.8) is 0 Å². The van der Waals surface area contributed by atoms with Crippen molar-refractivity contribution >= 4 is 34.7 Å². The summed E-state index contributed by atoms with van der Waals surface area (Å²) < 4.78 is 18.7. The summed E-state index contributed by atoms with van der Waals surface area (Å²) in [7, 11) is 1.43. The van der Waals surface area contributed by atoms with Crippen LogP contribution in [-0.4, -0.2) is 41.0 Å². The summed E-state index contributed by atoms with van der Waals surface area (Å²) in [6.07, 6.45) is 1.55. The summed E-state index contributed by atoms with van der Waals surface area (Å²) in [5.41, 5.74) is 1.04. The first-order valence-electron chi connectivity index (χ1n) is 9.41. The Balaban J connectivity index is 1.50. The molecular formula is C20H20N4O5S2. The molecule has 0 saturated carbocycles. The lowest BCUT2D eigenvalue weighted by Gasteiger charge is -2.19. The van der Waals surface area contributed by atoms with Crippen LogP contribution >= 0.6 is 23.1 Å². The predicted octanol–water partition coefficient (Wildman–Crippen LogP) is 2.72. The number of pyridine rings is 1. The molecular weight excluding hydrogens is 440 g/mol. The molecule has 4 rings (SSSR count). The Bertz CT molecular complexity index is 1160. The van der Waals surface area contributed by atoms with Crippen LogP contribution in [0.1, 0.15) is 10.7 Å². The lowest BCUT2D eigenvalue weighted by atomic mass is 10.2. The number of ether oxygens (including phenoxy) is 3. The highest BCUT2D eigenvalue weighted by atomic mass is 32.2. The zero-order valence-corrected chi connectivity index (χ0v) is 18.5. The molecule has 0 unspecified atom stereocenters. The molecule has 0 radical (unpaired) electrons. The SMILES string of the molecule is COc1cn(CC(=O)Nc2ccc3c(c2)OCCO3)c(CSc2nnc(C)s2)cc1=O.